The summed E-state index contributed by atoms with van der Waals surface area (Å²) in [7, 11) is 0. The van der Waals surface area contributed by atoms with Crippen LogP contribution in [0.5, 0.6) is 0 Å². The van der Waals surface area contributed by atoms with Gasteiger partial charge in [0.05, 0.1) is 2.62 Å². The van der Waals surface area contributed by atoms with Crippen molar-refractivity contribution in [2.24, 2.45) is 0 Å². The van der Waals surface area contributed by atoms with E-state index in [0.717, 1.165) is 0 Å². The van der Waals surface area contributed by atoms with Crippen molar-refractivity contribution < 1.29 is 30.6 Å². The Kier molecular flexibility index (Phi) is 14.3. The Balaban J connectivity index is 0. The monoisotopic (exact) mass is 250 g/mol. The normalized spacial score (nSPS) is 8.00. The van der Waals surface area contributed by atoms with Crippen molar-refractivity contribution >= 4 is 63.3 Å². The molecule has 0 aliphatic rings. The summed E-state index contributed by atoms with van der Waals surface area (Å²) in [6.07, 6.45) is 0. The van der Waals surface area contributed by atoms with Gasteiger partial charge in [0.1, 0.15) is 0 Å². The fraction of sp³-hybridized carbons (Fsp3) is 0. The standard InChI is InChI=1S/ClIO3.K.H/c1-5-2(3)4;;. The van der Waals surface area contributed by atoms with Gasteiger partial charge in [-0.15, -0.1) is 0 Å². The van der Waals surface area contributed by atoms with Crippen LogP contribution in [0.1, 0.15) is 0 Å². The maximum Gasteiger partial charge on any atom is 0.530 e. The summed E-state index contributed by atoms with van der Waals surface area (Å²) in [5.41, 5.74) is 0. The minimum Gasteiger partial charge on any atom is -0.395 e. The zero-order valence-corrected chi connectivity index (χ0v) is 4.89. The molecule has 0 N–H and O–H groups in total. The zero-order valence-electron chi connectivity index (χ0n) is 1.98. The Morgan fingerprint density at radius 2 is 1.67 bits per heavy atom. The van der Waals surface area contributed by atoms with E-state index in [0.29, 0.717) is 0 Å². The van der Waals surface area contributed by atoms with E-state index in [2.05, 4.69) is 14.5 Å². The number of halogens is 2. The minimum absolute atomic E-state index is 0. The van der Waals surface area contributed by atoms with Gasteiger partial charge in [-0.1, -0.05) is 0 Å². The first kappa shape index (κ1) is 11.3. The maximum atomic E-state index is 9.14. The maximum absolute atomic E-state index is 9.14. The molecular weight excluding hydrogens is 249 g/mol. The third-order valence-electron chi connectivity index (χ3n) is 0.0476. The molecule has 0 aromatic rings. The molecule has 0 aromatic heterocycles. The van der Waals surface area contributed by atoms with Crippen molar-refractivity contribution in [1.82, 2.24) is 0 Å². The molecular formula is HClIKO3. The number of rotatable bonds is 1. The molecule has 0 spiro atoms. The zero-order chi connectivity index (χ0) is 4.28. The molecule has 0 saturated carbocycles. The van der Waals surface area contributed by atoms with E-state index in [9.17, 15) is 0 Å². The van der Waals surface area contributed by atoms with Gasteiger partial charge in [-0.25, -0.2) is 0 Å². The first-order valence-corrected chi connectivity index (χ1v) is 3.57. The number of hydrogen-bond donors (Lipinski definition) is 0. The molecule has 6 heavy (non-hydrogen) atoms. The Hall–Kier alpha value is 2.54. The first-order valence-electron chi connectivity index (χ1n) is 0.617. The Labute approximate surface area is 91.6 Å². The predicted molar refractivity (Wildman–Crippen MR) is 14.1 cm³/mol. The van der Waals surface area contributed by atoms with Gasteiger partial charge in [-0.2, -0.15) is 0 Å². The summed E-state index contributed by atoms with van der Waals surface area (Å²) in [6.45, 7) is 0. The Morgan fingerprint density at radius 3 is 1.67 bits per heavy atom. The van der Waals surface area contributed by atoms with Gasteiger partial charge in [-0.05, 0) is 0 Å². The predicted octanol–water partition coefficient (Wildman–Crippen LogP) is -5.40. The van der Waals surface area contributed by atoms with Crippen LogP contribution in [0, 0.1) is 0 Å². The molecule has 3 nitrogen and oxygen atoms in total. The summed E-state index contributed by atoms with van der Waals surface area (Å²) in [5.74, 6) is 0. The van der Waals surface area contributed by atoms with Crippen LogP contribution < -0.4 is 27.9 Å². The Bertz CT molecular complexity index is 24.8. The molecule has 0 aliphatic heterocycles. The minimum atomic E-state index is -3.52. The molecule has 0 rings (SSSR count). The van der Waals surface area contributed by atoms with Crippen LogP contribution in [0.15, 0.2) is 0 Å². The SMILES string of the molecule is [KH].[O-][I+2]([O-])OCl. The van der Waals surface area contributed by atoms with Crippen LogP contribution in [0.3, 0.4) is 0 Å². The van der Waals surface area contributed by atoms with Crippen molar-refractivity contribution in [1.29, 1.82) is 0 Å². The van der Waals surface area contributed by atoms with Crippen molar-refractivity contribution in [3.63, 3.8) is 0 Å². The summed E-state index contributed by atoms with van der Waals surface area (Å²) >= 11 is 0.764. The topological polar surface area (TPSA) is 55.3 Å². The van der Waals surface area contributed by atoms with Gasteiger partial charge in [0.25, 0.3) is 0 Å². The summed E-state index contributed by atoms with van der Waals surface area (Å²) in [6, 6.07) is 0. The van der Waals surface area contributed by atoms with Crippen molar-refractivity contribution in [2.45, 2.75) is 0 Å². The first-order chi connectivity index (χ1) is 2.27. The second-order valence-electron chi connectivity index (χ2n) is 0.247. The van der Waals surface area contributed by atoms with Crippen LogP contribution in [0.4, 0.5) is 0 Å². The van der Waals surface area contributed by atoms with Crippen LogP contribution in [0.2, 0.25) is 0 Å². The molecule has 0 amide bonds. The Morgan fingerprint density at radius 1 is 1.50 bits per heavy atom. The smallest absolute Gasteiger partial charge is 0.395 e. The van der Waals surface area contributed by atoms with Crippen LogP contribution in [0.25, 0.3) is 0 Å². The second kappa shape index (κ2) is 7.54. The van der Waals surface area contributed by atoms with Gasteiger partial charge < -0.3 is 6.87 Å². The van der Waals surface area contributed by atoms with E-state index in [1.165, 1.54) is 0 Å². The fourth-order valence-corrected chi connectivity index (χ4v) is 0. The largest absolute Gasteiger partial charge is 0.530 e. The molecule has 6 heteroatoms. The van der Waals surface area contributed by atoms with Crippen molar-refractivity contribution in [2.75, 3.05) is 0 Å². The molecule has 0 bridgehead atoms. The molecule has 0 aliphatic carbocycles. The molecule has 0 atom stereocenters. The average molecular weight is 250 g/mol. The summed E-state index contributed by atoms with van der Waals surface area (Å²) in [4.78, 5) is 0. The molecule has 0 heterocycles. The fourth-order valence-electron chi connectivity index (χ4n) is 0. The molecule has 0 unspecified atom stereocenters. The molecule has 0 saturated heterocycles. The van der Waals surface area contributed by atoms with Crippen LogP contribution in [-0.4, -0.2) is 51.4 Å². The van der Waals surface area contributed by atoms with Gasteiger partial charge in [-0.3, -0.25) is 0 Å². The van der Waals surface area contributed by atoms with Crippen molar-refractivity contribution in [3.8, 4) is 0 Å². The van der Waals surface area contributed by atoms with Crippen LogP contribution >= 0.6 is 11.9 Å². The van der Waals surface area contributed by atoms with E-state index >= 15 is 0 Å². The number of hydrogen-bond acceptors (Lipinski definition) is 3. The third kappa shape index (κ3) is 9.74. The summed E-state index contributed by atoms with van der Waals surface area (Å²) < 4.78 is 21.6. The molecule has 0 radical (unpaired) electrons. The van der Waals surface area contributed by atoms with Crippen LogP contribution in [-0.2, 0) is 2.62 Å². The quantitative estimate of drug-likeness (QED) is 0.345. The van der Waals surface area contributed by atoms with E-state index in [-0.39, 0.29) is 51.4 Å². The van der Waals surface area contributed by atoms with E-state index < -0.39 is 21.1 Å². The van der Waals surface area contributed by atoms with Gasteiger partial charge in [0, 0.05) is 0 Å². The van der Waals surface area contributed by atoms with E-state index in [1.807, 2.05) is 0 Å². The van der Waals surface area contributed by atoms with Gasteiger partial charge in [0.15, 0.2) is 11.9 Å². The van der Waals surface area contributed by atoms with Gasteiger partial charge >= 0.3 is 72.4 Å². The molecule has 0 fully saturated rings. The molecule has 0 aromatic carbocycles. The third-order valence-corrected chi connectivity index (χ3v) is 0.958. The molecule has 34 valence electrons. The van der Waals surface area contributed by atoms with Crippen molar-refractivity contribution in [3.05, 3.63) is 0 Å². The average Bonchev–Trinajstić information content (AvgIpc) is 1.38. The van der Waals surface area contributed by atoms with Gasteiger partial charge in [0.2, 0.25) is 0 Å². The van der Waals surface area contributed by atoms with E-state index in [1.54, 1.807) is 0 Å². The van der Waals surface area contributed by atoms with E-state index in [4.69, 9.17) is 6.87 Å². The second-order valence-corrected chi connectivity index (χ2v) is 2.44. The summed E-state index contributed by atoms with van der Waals surface area (Å²) in [5, 5.41) is 0.